The van der Waals surface area contributed by atoms with E-state index in [9.17, 15) is 4.79 Å². The van der Waals surface area contributed by atoms with Gasteiger partial charge < -0.3 is 16.0 Å². The van der Waals surface area contributed by atoms with Gasteiger partial charge in [-0.1, -0.05) is 44.5 Å². The maximum atomic E-state index is 11.9. The van der Waals surface area contributed by atoms with Crippen LogP contribution in [0.3, 0.4) is 0 Å². The number of nitrogens with one attached hydrogen (secondary N) is 3. The lowest BCUT2D eigenvalue weighted by molar-refractivity contribution is -0.128. The van der Waals surface area contributed by atoms with Gasteiger partial charge in [-0.05, 0) is 37.5 Å². The van der Waals surface area contributed by atoms with E-state index in [0.717, 1.165) is 50.0 Å². The molecule has 0 radical (unpaired) electrons. The second-order valence-electron chi connectivity index (χ2n) is 8.59. The van der Waals surface area contributed by atoms with Crippen molar-refractivity contribution >= 4 is 47.4 Å². The number of hydrogen-bond donors (Lipinski definition) is 3. The Balaban J connectivity index is 0.00000450. The van der Waals surface area contributed by atoms with Crippen LogP contribution in [0, 0.1) is 5.41 Å². The number of likely N-dealkylation sites (tertiary alicyclic amines) is 1. The van der Waals surface area contributed by atoms with Crippen LogP contribution >= 0.6 is 35.6 Å². The molecule has 8 heteroatoms. The monoisotopic (exact) mass is 549 g/mol. The molecule has 170 valence electrons. The number of guanidine groups is 1. The highest BCUT2D eigenvalue weighted by Crippen LogP contribution is 2.16. The molecule has 0 spiro atoms. The van der Waals surface area contributed by atoms with Gasteiger partial charge >= 0.3 is 0 Å². The zero-order valence-electron chi connectivity index (χ0n) is 18.6. The van der Waals surface area contributed by atoms with Crippen molar-refractivity contribution in [3.8, 4) is 0 Å². The molecule has 0 bridgehead atoms. The van der Waals surface area contributed by atoms with Gasteiger partial charge in [0.05, 0.1) is 6.54 Å². The summed E-state index contributed by atoms with van der Waals surface area (Å²) >= 11 is 5.97. The lowest BCUT2D eigenvalue weighted by atomic mass is 9.96. The average Bonchev–Trinajstić information content (AvgIpc) is 2.67. The summed E-state index contributed by atoms with van der Waals surface area (Å²) in [5, 5.41) is 10.6. The molecule has 1 fully saturated rings. The normalized spacial score (nSPS) is 16.0. The number of rotatable bonds is 7. The van der Waals surface area contributed by atoms with E-state index in [2.05, 4.69) is 44.9 Å². The lowest BCUT2D eigenvalue weighted by Gasteiger charge is -2.33. The molecule has 1 aromatic carbocycles. The lowest BCUT2D eigenvalue weighted by Crippen LogP contribution is -2.48. The highest BCUT2D eigenvalue weighted by Gasteiger charge is 2.21. The predicted octanol–water partition coefficient (Wildman–Crippen LogP) is 3.64. The second-order valence-corrected chi connectivity index (χ2v) is 9.02. The third-order valence-corrected chi connectivity index (χ3v) is 5.19. The van der Waals surface area contributed by atoms with Crippen molar-refractivity contribution in [2.45, 2.75) is 53.1 Å². The number of carbonyl (C=O) groups is 1. The quantitative estimate of drug-likeness (QED) is 0.210. The largest absolute Gasteiger partial charge is 0.357 e. The highest BCUT2D eigenvalue weighted by molar-refractivity contribution is 14.0. The summed E-state index contributed by atoms with van der Waals surface area (Å²) in [6.45, 7) is 12.8. The first-order chi connectivity index (χ1) is 13.8. The molecule has 0 unspecified atom stereocenters. The number of amides is 1. The van der Waals surface area contributed by atoms with Crippen LogP contribution in [0.2, 0.25) is 5.02 Å². The van der Waals surface area contributed by atoms with E-state index in [1.807, 2.05) is 32.9 Å². The van der Waals surface area contributed by atoms with E-state index in [1.165, 1.54) is 5.56 Å². The van der Waals surface area contributed by atoms with Gasteiger partial charge in [0.2, 0.25) is 5.91 Å². The Bertz CT molecular complexity index is 667. The molecule has 1 heterocycles. The second kappa shape index (κ2) is 13.4. The minimum absolute atomic E-state index is 0. The van der Waals surface area contributed by atoms with E-state index in [4.69, 9.17) is 11.6 Å². The first-order valence-corrected chi connectivity index (χ1v) is 11.0. The highest BCUT2D eigenvalue weighted by atomic mass is 127. The van der Waals surface area contributed by atoms with Gasteiger partial charge in [0.25, 0.3) is 0 Å². The molecule has 0 saturated carbocycles. The molecule has 3 N–H and O–H groups in total. The molecule has 30 heavy (non-hydrogen) atoms. The standard InChI is InChI=1S/C22H36ClN5O.HI/c1-5-24-21(26-13-12-25-20(29)22(2,3)4)27-19-10-14-28(15-11-19)16-17-6-8-18(23)9-7-17;/h6-9,19H,5,10-16H2,1-4H3,(H,25,29)(H2,24,26,27);1H. The molecule has 1 saturated heterocycles. The molecule has 6 nitrogen and oxygen atoms in total. The number of piperidine rings is 1. The Morgan fingerprint density at radius 3 is 2.37 bits per heavy atom. The molecule has 1 amide bonds. The maximum Gasteiger partial charge on any atom is 0.225 e. The predicted molar refractivity (Wildman–Crippen MR) is 137 cm³/mol. The average molecular weight is 550 g/mol. The Labute approximate surface area is 203 Å². The van der Waals surface area contributed by atoms with Crippen molar-refractivity contribution in [2.75, 3.05) is 32.7 Å². The molecule has 1 aromatic rings. The summed E-state index contributed by atoms with van der Waals surface area (Å²) in [5.74, 6) is 0.882. The fraction of sp³-hybridized carbons (Fsp3) is 0.636. The van der Waals surface area contributed by atoms with E-state index < -0.39 is 0 Å². The maximum absolute atomic E-state index is 11.9. The van der Waals surface area contributed by atoms with Crippen LogP contribution < -0.4 is 16.0 Å². The van der Waals surface area contributed by atoms with Crippen LogP contribution in [0.15, 0.2) is 29.3 Å². The van der Waals surface area contributed by atoms with E-state index in [0.29, 0.717) is 19.1 Å². The smallest absolute Gasteiger partial charge is 0.225 e. The van der Waals surface area contributed by atoms with Crippen LogP contribution in [0.5, 0.6) is 0 Å². The van der Waals surface area contributed by atoms with Crippen LogP contribution in [-0.4, -0.2) is 55.5 Å². The zero-order chi connectivity index (χ0) is 21.3. The molecular weight excluding hydrogens is 513 g/mol. The number of nitrogens with zero attached hydrogens (tertiary/aromatic N) is 2. The van der Waals surface area contributed by atoms with E-state index in [1.54, 1.807) is 0 Å². The van der Waals surface area contributed by atoms with Gasteiger partial charge in [0.1, 0.15) is 0 Å². The molecule has 1 aliphatic heterocycles. The first-order valence-electron chi connectivity index (χ1n) is 10.6. The first kappa shape index (κ1) is 27.0. The van der Waals surface area contributed by atoms with Gasteiger partial charge in [0.15, 0.2) is 5.96 Å². The molecular formula is C22H37ClIN5O. The summed E-state index contributed by atoms with van der Waals surface area (Å²) < 4.78 is 0. The van der Waals surface area contributed by atoms with Crippen LogP contribution in [0.25, 0.3) is 0 Å². The van der Waals surface area contributed by atoms with Gasteiger partial charge in [0, 0.05) is 49.2 Å². The molecule has 1 aliphatic rings. The third-order valence-electron chi connectivity index (χ3n) is 4.94. The number of benzene rings is 1. The van der Waals surface area contributed by atoms with Crippen LogP contribution in [0.1, 0.15) is 46.1 Å². The van der Waals surface area contributed by atoms with E-state index >= 15 is 0 Å². The van der Waals surface area contributed by atoms with Crippen LogP contribution in [0.4, 0.5) is 0 Å². The van der Waals surface area contributed by atoms with Crippen molar-refractivity contribution in [3.05, 3.63) is 34.9 Å². The summed E-state index contributed by atoms with van der Waals surface area (Å²) in [6.07, 6.45) is 2.16. The fourth-order valence-corrected chi connectivity index (χ4v) is 3.33. The summed E-state index contributed by atoms with van der Waals surface area (Å²) in [4.78, 5) is 19.0. The zero-order valence-corrected chi connectivity index (χ0v) is 21.7. The molecule has 0 aromatic heterocycles. The Kier molecular flexibility index (Phi) is 12.0. The van der Waals surface area contributed by atoms with Gasteiger partial charge in [-0.2, -0.15) is 0 Å². The SMILES string of the molecule is CCNC(=NCCNC(=O)C(C)(C)C)NC1CCN(Cc2ccc(Cl)cc2)CC1.I. The Morgan fingerprint density at radius 2 is 1.80 bits per heavy atom. The third kappa shape index (κ3) is 9.83. The van der Waals surface area contributed by atoms with E-state index in [-0.39, 0.29) is 35.3 Å². The van der Waals surface area contributed by atoms with Crippen molar-refractivity contribution in [1.82, 2.24) is 20.9 Å². The molecule has 0 atom stereocenters. The summed E-state index contributed by atoms with van der Waals surface area (Å²) in [5.41, 5.74) is 0.930. The van der Waals surface area contributed by atoms with Crippen LogP contribution in [-0.2, 0) is 11.3 Å². The topological polar surface area (TPSA) is 68.8 Å². The number of carbonyl (C=O) groups excluding carboxylic acids is 1. The van der Waals surface area contributed by atoms with Gasteiger partial charge in [-0.3, -0.25) is 14.7 Å². The van der Waals surface area contributed by atoms with Crippen molar-refractivity contribution in [2.24, 2.45) is 10.4 Å². The fourth-order valence-electron chi connectivity index (χ4n) is 3.20. The number of hydrogen-bond acceptors (Lipinski definition) is 3. The van der Waals surface area contributed by atoms with Crippen molar-refractivity contribution in [3.63, 3.8) is 0 Å². The van der Waals surface area contributed by atoms with Crippen molar-refractivity contribution < 1.29 is 4.79 Å². The Morgan fingerprint density at radius 1 is 1.17 bits per heavy atom. The molecule has 2 rings (SSSR count). The summed E-state index contributed by atoms with van der Waals surface area (Å²) in [7, 11) is 0. The Hall–Kier alpha value is -1.06. The summed E-state index contributed by atoms with van der Waals surface area (Å²) in [6, 6.07) is 8.52. The minimum atomic E-state index is -0.369. The van der Waals surface area contributed by atoms with Gasteiger partial charge in [-0.25, -0.2) is 0 Å². The van der Waals surface area contributed by atoms with Crippen molar-refractivity contribution in [1.29, 1.82) is 0 Å². The van der Waals surface area contributed by atoms with Gasteiger partial charge in [-0.15, -0.1) is 24.0 Å². The number of aliphatic imine (C=N–C) groups is 1. The number of halogens is 2. The minimum Gasteiger partial charge on any atom is -0.357 e. The molecule has 0 aliphatic carbocycles.